The number of aryl methyl sites for hydroxylation is 1. The fourth-order valence-electron chi connectivity index (χ4n) is 4.26. The largest absolute Gasteiger partial charge is 0.464 e. The van der Waals surface area contributed by atoms with E-state index >= 15 is 0 Å². The second-order valence-electron chi connectivity index (χ2n) is 8.34. The lowest BCUT2D eigenvalue weighted by molar-refractivity contribution is 0.0595. The Labute approximate surface area is 212 Å². The molecule has 1 saturated heterocycles. The summed E-state index contributed by atoms with van der Waals surface area (Å²) in [5.41, 5.74) is 4.41. The minimum absolute atomic E-state index is 0.0137. The number of carbonyl (C=O) groups excluding carboxylic acids is 1. The lowest BCUT2D eigenvalue weighted by Gasteiger charge is -2.29. The first-order chi connectivity index (χ1) is 18.0. The highest BCUT2D eigenvalue weighted by Crippen LogP contribution is 2.33. The molecule has 0 saturated carbocycles. The van der Waals surface area contributed by atoms with Gasteiger partial charge in [-0.25, -0.2) is 19.7 Å². The number of rotatable bonds is 6. The van der Waals surface area contributed by atoms with E-state index in [1.54, 1.807) is 31.8 Å². The molecular formula is C25H25N9O3. The third-order valence-electron chi connectivity index (χ3n) is 6.14. The summed E-state index contributed by atoms with van der Waals surface area (Å²) in [5, 5.41) is 16.0. The number of anilines is 4. The highest BCUT2D eigenvalue weighted by atomic mass is 16.5. The van der Waals surface area contributed by atoms with Gasteiger partial charge in [-0.15, -0.1) is 0 Å². The normalized spacial score (nSPS) is 13.3. The molecule has 0 bridgehead atoms. The standard InChI is InChI=1S/C25H25N9O3/c1-27-23-21(17-12-28-13-19-20(17)29-14-33(19)2)31-22(25(35)36-3)24(32-23)30-16-4-5-18(15(10-16)11-26)34-6-8-37-9-7-34/h4-5,10,12-14H,6-9H2,1-3H3,(H2,27,30,32). The van der Waals surface area contributed by atoms with Crippen LogP contribution in [-0.4, -0.2) is 70.9 Å². The van der Waals surface area contributed by atoms with E-state index in [4.69, 9.17) is 9.47 Å². The molecule has 1 aromatic carbocycles. The maximum atomic E-state index is 12.8. The van der Waals surface area contributed by atoms with E-state index < -0.39 is 5.97 Å². The van der Waals surface area contributed by atoms with Crippen LogP contribution in [0.5, 0.6) is 0 Å². The average Bonchev–Trinajstić information content (AvgIpc) is 3.33. The summed E-state index contributed by atoms with van der Waals surface area (Å²) < 4.78 is 12.3. The number of aromatic nitrogens is 5. The number of hydrogen-bond donors (Lipinski definition) is 2. The quantitative estimate of drug-likeness (QED) is 0.378. The molecule has 4 aromatic rings. The number of ether oxygens (including phenoxy) is 2. The summed E-state index contributed by atoms with van der Waals surface area (Å²) in [4.78, 5) is 33.0. The van der Waals surface area contributed by atoms with Gasteiger partial charge in [0.2, 0.25) is 0 Å². The maximum absolute atomic E-state index is 12.8. The topological polar surface area (TPSA) is 143 Å². The number of fused-ring (bicyclic) bond motifs is 1. The van der Waals surface area contributed by atoms with Gasteiger partial charge >= 0.3 is 5.97 Å². The van der Waals surface area contributed by atoms with E-state index in [1.807, 2.05) is 23.7 Å². The highest BCUT2D eigenvalue weighted by molar-refractivity contribution is 5.98. The molecule has 0 aliphatic carbocycles. The van der Waals surface area contributed by atoms with E-state index in [1.165, 1.54) is 7.11 Å². The first-order valence-corrected chi connectivity index (χ1v) is 11.6. The number of methoxy groups -OCH3 is 1. The van der Waals surface area contributed by atoms with Crippen LogP contribution in [0.15, 0.2) is 36.9 Å². The fraction of sp³-hybridized carbons (Fsp3) is 0.280. The van der Waals surface area contributed by atoms with Crippen LogP contribution >= 0.6 is 0 Å². The van der Waals surface area contributed by atoms with Crippen LogP contribution in [-0.2, 0) is 16.5 Å². The lowest BCUT2D eigenvalue weighted by Crippen LogP contribution is -2.36. The number of imidazole rings is 1. The van der Waals surface area contributed by atoms with Crippen molar-refractivity contribution in [2.45, 2.75) is 0 Å². The molecule has 37 heavy (non-hydrogen) atoms. The van der Waals surface area contributed by atoms with Crippen molar-refractivity contribution in [3.8, 4) is 17.3 Å². The molecule has 4 heterocycles. The predicted molar refractivity (Wildman–Crippen MR) is 138 cm³/mol. The molecule has 12 heteroatoms. The van der Waals surface area contributed by atoms with Crippen molar-refractivity contribution in [1.29, 1.82) is 5.26 Å². The van der Waals surface area contributed by atoms with Gasteiger partial charge < -0.3 is 29.6 Å². The molecule has 2 N–H and O–H groups in total. The van der Waals surface area contributed by atoms with Crippen LogP contribution in [0.4, 0.5) is 23.0 Å². The number of nitriles is 1. The van der Waals surface area contributed by atoms with Gasteiger partial charge in [0, 0.05) is 39.1 Å². The van der Waals surface area contributed by atoms with Crippen LogP contribution in [0.3, 0.4) is 0 Å². The van der Waals surface area contributed by atoms with E-state index in [2.05, 4.69) is 41.5 Å². The Hall–Kier alpha value is -4.76. The van der Waals surface area contributed by atoms with Crippen molar-refractivity contribution in [1.82, 2.24) is 24.5 Å². The molecular weight excluding hydrogens is 474 g/mol. The minimum atomic E-state index is -0.662. The summed E-state index contributed by atoms with van der Waals surface area (Å²) in [6.07, 6.45) is 5.04. The van der Waals surface area contributed by atoms with E-state index in [0.717, 1.165) is 11.2 Å². The average molecular weight is 500 g/mol. The summed E-state index contributed by atoms with van der Waals surface area (Å²) in [7, 11) is 4.87. The SMILES string of the molecule is CNc1nc(Nc2ccc(N3CCOCC3)c(C#N)c2)c(C(=O)OC)nc1-c1cncc2c1ncn2C. The zero-order chi connectivity index (χ0) is 25.9. The van der Waals surface area contributed by atoms with Crippen LogP contribution in [0.25, 0.3) is 22.3 Å². The van der Waals surface area contributed by atoms with Gasteiger partial charge in [0.05, 0.1) is 55.2 Å². The van der Waals surface area contributed by atoms with E-state index in [9.17, 15) is 10.1 Å². The highest BCUT2D eigenvalue weighted by Gasteiger charge is 2.23. The van der Waals surface area contributed by atoms with Gasteiger partial charge in [-0.2, -0.15) is 5.26 Å². The van der Waals surface area contributed by atoms with Crippen molar-refractivity contribution in [3.05, 3.63) is 48.2 Å². The van der Waals surface area contributed by atoms with Gasteiger partial charge in [-0.3, -0.25) is 4.98 Å². The number of benzene rings is 1. The monoisotopic (exact) mass is 499 g/mol. The predicted octanol–water partition coefficient (Wildman–Crippen LogP) is 2.71. The smallest absolute Gasteiger partial charge is 0.360 e. The fourth-order valence-corrected chi connectivity index (χ4v) is 4.26. The maximum Gasteiger partial charge on any atom is 0.360 e. The summed E-state index contributed by atoms with van der Waals surface area (Å²) >= 11 is 0. The molecule has 1 aliphatic rings. The van der Waals surface area contributed by atoms with Gasteiger partial charge in [0.15, 0.2) is 17.3 Å². The third-order valence-corrected chi connectivity index (χ3v) is 6.14. The molecule has 0 amide bonds. The molecule has 1 aliphatic heterocycles. The number of nitrogens with zero attached hydrogens (tertiary/aromatic N) is 7. The summed E-state index contributed by atoms with van der Waals surface area (Å²) in [6.45, 7) is 2.66. The Morgan fingerprint density at radius 3 is 2.73 bits per heavy atom. The Kier molecular flexibility index (Phi) is 6.53. The number of carbonyl (C=O) groups is 1. The van der Waals surface area contributed by atoms with Crippen molar-refractivity contribution >= 4 is 40.0 Å². The first kappa shape index (κ1) is 24.0. The molecule has 12 nitrogen and oxygen atoms in total. The molecule has 5 rings (SSSR count). The number of esters is 1. The van der Waals surface area contributed by atoms with Crippen LogP contribution < -0.4 is 15.5 Å². The Morgan fingerprint density at radius 1 is 1.19 bits per heavy atom. The number of hydrogen-bond acceptors (Lipinski definition) is 11. The van der Waals surface area contributed by atoms with Crippen molar-refractivity contribution in [2.24, 2.45) is 7.05 Å². The van der Waals surface area contributed by atoms with E-state index in [0.29, 0.717) is 60.1 Å². The third kappa shape index (κ3) is 4.48. The molecule has 0 spiro atoms. The lowest BCUT2D eigenvalue weighted by atomic mass is 10.1. The summed E-state index contributed by atoms with van der Waals surface area (Å²) in [5.74, 6) is -0.0600. The number of pyridine rings is 1. The second-order valence-corrected chi connectivity index (χ2v) is 8.34. The number of nitrogens with one attached hydrogen (secondary N) is 2. The molecule has 0 unspecified atom stereocenters. The molecule has 3 aromatic heterocycles. The molecule has 188 valence electrons. The van der Waals surface area contributed by atoms with Gasteiger partial charge in [-0.1, -0.05) is 0 Å². The Morgan fingerprint density at radius 2 is 2.00 bits per heavy atom. The minimum Gasteiger partial charge on any atom is -0.464 e. The van der Waals surface area contributed by atoms with Gasteiger partial charge in [0.25, 0.3) is 0 Å². The molecule has 0 radical (unpaired) electrons. The van der Waals surface area contributed by atoms with Crippen LogP contribution in [0.1, 0.15) is 16.1 Å². The zero-order valence-corrected chi connectivity index (χ0v) is 20.6. The Balaban J connectivity index is 1.57. The van der Waals surface area contributed by atoms with Crippen LogP contribution in [0.2, 0.25) is 0 Å². The van der Waals surface area contributed by atoms with E-state index in [-0.39, 0.29) is 11.5 Å². The molecule has 1 fully saturated rings. The van der Waals surface area contributed by atoms with Crippen LogP contribution in [0, 0.1) is 11.3 Å². The molecule has 0 atom stereocenters. The first-order valence-electron chi connectivity index (χ1n) is 11.6. The Bertz CT molecular complexity index is 1520. The van der Waals surface area contributed by atoms with Crippen molar-refractivity contribution in [3.63, 3.8) is 0 Å². The summed E-state index contributed by atoms with van der Waals surface area (Å²) in [6, 6.07) is 7.69. The van der Waals surface area contributed by atoms with Gasteiger partial charge in [0.1, 0.15) is 17.3 Å². The van der Waals surface area contributed by atoms with Crippen molar-refractivity contribution in [2.75, 3.05) is 56.0 Å². The second kappa shape index (κ2) is 10.1. The number of morpholine rings is 1. The zero-order valence-electron chi connectivity index (χ0n) is 20.6. The van der Waals surface area contributed by atoms with Gasteiger partial charge in [-0.05, 0) is 18.2 Å². The van der Waals surface area contributed by atoms with Crippen molar-refractivity contribution < 1.29 is 14.3 Å².